The highest BCUT2D eigenvalue weighted by atomic mass is 35.5. The monoisotopic (exact) mass is 227 g/mol. The summed E-state index contributed by atoms with van der Waals surface area (Å²) >= 11 is 0. The van der Waals surface area contributed by atoms with Crippen LogP contribution in [0, 0.1) is 0 Å². The maximum absolute atomic E-state index is 5.75. The topological polar surface area (TPSA) is 26.0 Å². The van der Waals surface area contributed by atoms with Crippen LogP contribution in [0.2, 0.25) is 0 Å². The van der Waals surface area contributed by atoms with E-state index in [4.69, 9.17) is 5.73 Å². The van der Waals surface area contributed by atoms with Crippen LogP contribution in [0.5, 0.6) is 0 Å². The van der Waals surface area contributed by atoms with E-state index < -0.39 is 0 Å². The maximum atomic E-state index is 5.75. The molecule has 1 rings (SSSR count). The SMILES string of the molecule is C[C@@H](N)Cc1ccc(C(C)(C)C)cc1.Cl. The van der Waals surface area contributed by atoms with Crippen LogP contribution < -0.4 is 5.73 Å². The summed E-state index contributed by atoms with van der Waals surface area (Å²) in [5.74, 6) is 0. The Morgan fingerprint density at radius 1 is 1.13 bits per heavy atom. The molecule has 0 aliphatic carbocycles. The van der Waals surface area contributed by atoms with E-state index in [0.717, 1.165) is 6.42 Å². The molecule has 0 saturated carbocycles. The summed E-state index contributed by atoms with van der Waals surface area (Å²) in [6, 6.07) is 9.03. The molecular formula is C13H22ClN. The molecule has 0 heterocycles. The molecule has 1 nitrogen and oxygen atoms in total. The highest BCUT2D eigenvalue weighted by molar-refractivity contribution is 5.85. The first-order chi connectivity index (χ1) is 6.39. The van der Waals surface area contributed by atoms with Crippen molar-refractivity contribution in [2.75, 3.05) is 0 Å². The number of halogens is 1. The van der Waals surface area contributed by atoms with Crippen LogP contribution in [0.25, 0.3) is 0 Å². The number of benzene rings is 1. The average molecular weight is 228 g/mol. The van der Waals surface area contributed by atoms with Crippen molar-refractivity contribution < 1.29 is 0 Å². The molecule has 1 atom stereocenters. The lowest BCUT2D eigenvalue weighted by Crippen LogP contribution is -2.18. The van der Waals surface area contributed by atoms with Gasteiger partial charge in [-0.05, 0) is 29.9 Å². The molecule has 0 unspecified atom stereocenters. The van der Waals surface area contributed by atoms with Crippen molar-refractivity contribution in [1.82, 2.24) is 0 Å². The Bertz CT molecular complexity index is 282. The first-order valence-corrected chi connectivity index (χ1v) is 5.24. The lowest BCUT2D eigenvalue weighted by atomic mass is 9.86. The third kappa shape index (κ3) is 4.67. The van der Waals surface area contributed by atoms with Crippen LogP contribution in [-0.2, 0) is 11.8 Å². The standard InChI is InChI=1S/C13H21N.ClH/c1-10(14)9-11-5-7-12(8-6-11)13(2,3)4;/h5-8,10H,9,14H2,1-4H3;1H/t10-;/m1./s1. The fourth-order valence-corrected chi connectivity index (χ4v) is 1.51. The Hall–Kier alpha value is -0.530. The van der Waals surface area contributed by atoms with Gasteiger partial charge in [-0.1, -0.05) is 45.0 Å². The molecule has 0 amide bonds. The molecule has 0 radical (unpaired) electrons. The van der Waals surface area contributed by atoms with Crippen molar-refractivity contribution in [1.29, 1.82) is 0 Å². The van der Waals surface area contributed by atoms with Gasteiger partial charge in [-0.2, -0.15) is 0 Å². The molecule has 1 aromatic rings. The number of hydrogen-bond acceptors (Lipinski definition) is 1. The van der Waals surface area contributed by atoms with Gasteiger partial charge < -0.3 is 5.73 Å². The van der Waals surface area contributed by atoms with Gasteiger partial charge in [0.15, 0.2) is 0 Å². The minimum atomic E-state index is 0. The van der Waals surface area contributed by atoms with Gasteiger partial charge in [0, 0.05) is 6.04 Å². The summed E-state index contributed by atoms with van der Waals surface area (Å²) in [7, 11) is 0. The minimum absolute atomic E-state index is 0. The molecule has 2 N–H and O–H groups in total. The zero-order valence-electron chi connectivity index (χ0n) is 10.1. The third-order valence-corrected chi connectivity index (χ3v) is 2.38. The van der Waals surface area contributed by atoms with Gasteiger partial charge in [0.05, 0.1) is 0 Å². The molecule has 0 spiro atoms. The van der Waals surface area contributed by atoms with Crippen LogP contribution in [0.3, 0.4) is 0 Å². The molecule has 0 fully saturated rings. The summed E-state index contributed by atoms with van der Waals surface area (Å²) in [6.45, 7) is 8.73. The summed E-state index contributed by atoms with van der Waals surface area (Å²) in [6.07, 6.45) is 0.963. The predicted molar refractivity (Wildman–Crippen MR) is 69.7 cm³/mol. The largest absolute Gasteiger partial charge is 0.328 e. The van der Waals surface area contributed by atoms with Crippen LogP contribution >= 0.6 is 12.4 Å². The van der Waals surface area contributed by atoms with Gasteiger partial charge in [-0.25, -0.2) is 0 Å². The van der Waals surface area contributed by atoms with Gasteiger partial charge in [0.1, 0.15) is 0 Å². The lowest BCUT2D eigenvalue weighted by Gasteiger charge is -2.19. The second-order valence-corrected chi connectivity index (χ2v) is 5.13. The summed E-state index contributed by atoms with van der Waals surface area (Å²) in [5.41, 5.74) is 8.70. The van der Waals surface area contributed by atoms with Gasteiger partial charge >= 0.3 is 0 Å². The zero-order chi connectivity index (χ0) is 10.8. The second kappa shape index (κ2) is 5.53. The molecule has 0 aromatic heterocycles. The van der Waals surface area contributed by atoms with Crippen LogP contribution in [0.15, 0.2) is 24.3 Å². The van der Waals surface area contributed by atoms with E-state index in [2.05, 4.69) is 45.0 Å². The molecule has 2 heteroatoms. The summed E-state index contributed by atoms with van der Waals surface area (Å²) < 4.78 is 0. The Kier molecular flexibility index (Phi) is 5.33. The normalized spacial score (nSPS) is 13.1. The molecular weight excluding hydrogens is 206 g/mol. The summed E-state index contributed by atoms with van der Waals surface area (Å²) in [5, 5.41) is 0. The van der Waals surface area contributed by atoms with Gasteiger partial charge in [-0.3, -0.25) is 0 Å². The van der Waals surface area contributed by atoms with E-state index in [1.54, 1.807) is 0 Å². The zero-order valence-corrected chi connectivity index (χ0v) is 10.9. The number of nitrogens with two attached hydrogens (primary N) is 1. The quantitative estimate of drug-likeness (QED) is 0.825. The van der Waals surface area contributed by atoms with Gasteiger partial charge in [0.25, 0.3) is 0 Å². The van der Waals surface area contributed by atoms with E-state index in [1.165, 1.54) is 11.1 Å². The average Bonchev–Trinajstić information content (AvgIpc) is 2.02. The summed E-state index contributed by atoms with van der Waals surface area (Å²) in [4.78, 5) is 0. The van der Waals surface area contributed by atoms with E-state index in [-0.39, 0.29) is 23.9 Å². The number of rotatable bonds is 2. The van der Waals surface area contributed by atoms with Crippen molar-refractivity contribution in [2.45, 2.75) is 45.6 Å². The van der Waals surface area contributed by atoms with Crippen LogP contribution in [0.1, 0.15) is 38.8 Å². The number of hydrogen-bond donors (Lipinski definition) is 1. The molecule has 15 heavy (non-hydrogen) atoms. The molecule has 0 aliphatic heterocycles. The van der Waals surface area contributed by atoms with Crippen LogP contribution in [-0.4, -0.2) is 6.04 Å². The fraction of sp³-hybridized carbons (Fsp3) is 0.538. The third-order valence-electron chi connectivity index (χ3n) is 2.38. The Labute approximate surface area is 99.5 Å². The first-order valence-electron chi connectivity index (χ1n) is 5.24. The molecule has 1 aromatic carbocycles. The Morgan fingerprint density at radius 2 is 1.60 bits per heavy atom. The molecule has 0 aliphatic rings. The van der Waals surface area contributed by atoms with Crippen molar-refractivity contribution in [3.05, 3.63) is 35.4 Å². The van der Waals surface area contributed by atoms with Crippen molar-refractivity contribution in [3.8, 4) is 0 Å². The highest BCUT2D eigenvalue weighted by Crippen LogP contribution is 2.22. The minimum Gasteiger partial charge on any atom is -0.328 e. The highest BCUT2D eigenvalue weighted by Gasteiger charge is 2.12. The fourth-order valence-electron chi connectivity index (χ4n) is 1.51. The van der Waals surface area contributed by atoms with Gasteiger partial charge in [-0.15, -0.1) is 12.4 Å². The van der Waals surface area contributed by atoms with Gasteiger partial charge in [0.2, 0.25) is 0 Å². The smallest absolute Gasteiger partial charge is 0.00509 e. The van der Waals surface area contributed by atoms with Crippen molar-refractivity contribution in [3.63, 3.8) is 0 Å². The van der Waals surface area contributed by atoms with E-state index in [1.807, 2.05) is 6.92 Å². The Balaban J connectivity index is 0.00000196. The van der Waals surface area contributed by atoms with Crippen molar-refractivity contribution in [2.24, 2.45) is 5.73 Å². The van der Waals surface area contributed by atoms with Crippen molar-refractivity contribution >= 4 is 12.4 Å². The maximum Gasteiger partial charge on any atom is 0.00509 e. The first kappa shape index (κ1) is 14.5. The van der Waals surface area contributed by atoms with E-state index in [9.17, 15) is 0 Å². The molecule has 0 saturated heterocycles. The Morgan fingerprint density at radius 3 is 1.93 bits per heavy atom. The predicted octanol–water partition coefficient (Wildman–Crippen LogP) is 3.30. The van der Waals surface area contributed by atoms with E-state index in [0.29, 0.717) is 0 Å². The lowest BCUT2D eigenvalue weighted by molar-refractivity contribution is 0.589. The van der Waals surface area contributed by atoms with E-state index >= 15 is 0 Å². The second-order valence-electron chi connectivity index (χ2n) is 5.13. The molecule has 0 bridgehead atoms. The molecule has 86 valence electrons. The van der Waals surface area contributed by atoms with Crippen LogP contribution in [0.4, 0.5) is 0 Å².